The number of nitrogens with zero attached hydrogens (tertiary/aromatic N) is 2. The number of hydrogen-bond donors (Lipinski definition) is 1. The second-order valence-corrected chi connectivity index (χ2v) is 6.53. The maximum atomic E-state index is 12.8. The molecule has 1 heterocycles. The zero-order valence-corrected chi connectivity index (χ0v) is 15.1. The molecule has 7 heteroatoms. The second-order valence-electron chi connectivity index (χ2n) is 5.61. The summed E-state index contributed by atoms with van der Waals surface area (Å²) in [5.41, 5.74) is 1.29. The molecular weight excluding hydrogens is 388 g/mol. The van der Waals surface area contributed by atoms with Crippen LogP contribution in [0.4, 0.5) is 10.5 Å². The van der Waals surface area contributed by atoms with Crippen LogP contribution in [0.1, 0.15) is 5.56 Å². The van der Waals surface area contributed by atoms with Crippen LogP contribution in [0.3, 0.4) is 0 Å². The maximum Gasteiger partial charge on any atom is 0.332 e. The Morgan fingerprint density at radius 2 is 1.88 bits per heavy atom. The molecule has 0 radical (unpaired) electrons. The third kappa shape index (κ3) is 3.38. The number of anilines is 1. The van der Waals surface area contributed by atoms with Gasteiger partial charge in [0.05, 0.1) is 19.4 Å². The highest BCUT2D eigenvalue weighted by Gasteiger charge is 2.45. The summed E-state index contributed by atoms with van der Waals surface area (Å²) in [4.78, 5) is 27.9. The molecule has 0 bridgehead atoms. The Kier molecular flexibility index (Phi) is 5.06. The summed E-state index contributed by atoms with van der Waals surface area (Å²) in [6.45, 7) is -0.221. The number of carbonyl (C=O) groups is 2. The van der Waals surface area contributed by atoms with Gasteiger partial charge in [-0.3, -0.25) is 4.79 Å². The van der Waals surface area contributed by atoms with Gasteiger partial charge in [0, 0.05) is 11.0 Å². The van der Waals surface area contributed by atoms with Gasteiger partial charge in [0.25, 0.3) is 5.91 Å². The van der Waals surface area contributed by atoms with E-state index in [2.05, 4.69) is 15.9 Å². The number of carbonyl (C=O) groups excluding carboxylic acids is 2. The van der Waals surface area contributed by atoms with Crippen molar-refractivity contribution in [2.75, 3.05) is 18.6 Å². The Hall–Kier alpha value is -2.38. The van der Waals surface area contributed by atoms with Crippen molar-refractivity contribution in [2.45, 2.75) is 12.6 Å². The molecule has 2 aromatic rings. The third-order valence-electron chi connectivity index (χ3n) is 4.06. The van der Waals surface area contributed by atoms with Crippen LogP contribution in [0.25, 0.3) is 0 Å². The quantitative estimate of drug-likeness (QED) is 0.777. The summed E-state index contributed by atoms with van der Waals surface area (Å²) in [7, 11) is 1.56. The second kappa shape index (κ2) is 7.25. The van der Waals surface area contributed by atoms with E-state index in [4.69, 9.17) is 4.74 Å². The Balaban J connectivity index is 1.89. The van der Waals surface area contributed by atoms with Gasteiger partial charge in [0.1, 0.15) is 11.8 Å². The van der Waals surface area contributed by atoms with Gasteiger partial charge < -0.3 is 14.7 Å². The van der Waals surface area contributed by atoms with E-state index in [1.807, 2.05) is 12.1 Å². The average molecular weight is 405 g/mol. The van der Waals surface area contributed by atoms with Crippen molar-refractivity contribution in [1.82, 2.24) is 4.90 Å². The number of imide groups is 1. The summed E-state index contributed by atoms with van der Waals surface area (Å²) in [6, 6.07) is 12.8. The van der Waals surface area contributed by atoms with Gasteiger partial charge in [0.15, 0.2) is 0 Å². The molecular formula is C18H17BrN2O4. The highest BCUT2D eigenvalue weighted by atomic mass is 79.9. The SMILES string of the molecule is COc1cccc(CN2C(=O)N(c3ccc(Br)cc3)C(=O)C2CO)c1. The molecule has 1 unspecified atom stereocenters. The number of methoxy groups -OCH3 is 1. The lowest BCUT2D eigenvalue weighted by Crippen LogP contribution is -2.37. The van der Waals surface area contributed by atoms with E-state index < -0.39 is 24.6 Å². The van der Waals surface area contributed by atoms with Crippen molar-refractivity contribution < 1.29 is 19.4 Å². The van der Waals surface area contributed by atoms with E-state index in [0.717, 1.165) is 14.9 Å². The van der Waals surface area contributed by atoms with Crippen molar-refractivity contribution in [3.63, 3.8) is 0 Å². The smallest absolute Gasteiger partial charge is 0.332 e. The van der Waals surface area contributed by atoms with E-state index >= 15 is 0 Å². The van der Waals surface area contributed by atoms with E-state index in [9.17, 15) is 14.7 Å². The van der Waals surface area contributed by atoms with E-state index in [0.29, 0.717) is 11.4 Å². The van der Waals surface area contributed by atoms with Gasteiger partial charge in [-0.15, -0.1) is 0 Å². The first-order valence-electron chi connectivity index (χ1n) is 7.69. The average Bonchev–Trinajstić information content (AvgIpc) is 2.86. The van der Waals surface area contributed by atoms with Crippen molar-refractivity contribution >= 4 is 33.6 Å². The number of aliphatic hydroxyl groups excluding tert-OH is 1. The Morgan fingerprint density at radius 3 is 2.52 bits per heavy atom. The standard InChI is InChI=1S/C18H17BrN2O4/c1-25-15-4-2-3-12(9-15)10-20-16(11-22)17(23)21(18(20)24)14-7-5-13(19)6-8-14/h2-9,16,22H,10-11H2,1H3. The number of halogens is 1. The number of rotatable bonds is 5. The number of ether oxygens (including phenoxy) is 1. The van der Waals surface area contributed by atoms with E-state index in [1.165, 1.54) is 4.90 Å². The molecule has 2 aromatic carbocycles. The first-order valence-corrected chi connectivity index (χ1v) is 8.48. The number of aliphatic hydroxyl groups is 1. The molecule has 1 atom stereocenters. The van der Waals surface area contributed by atoms with Crippen LogP contribution in [0.15, 0.2) is 53.0 Å². The van der Waals surface area contributed by atoms with Gasteiger partial charge >= 0.3 is 6.03 Å². The van der Waals surface area contributed by atoms with Crippen molar-refractivity contribution in [3.05, 3.63) is 58.6 Å². The minimum atomic E-state index is -0.901. The molecule has 25 heavy (non-hydrogen) atoms. The first-order chi connectivity index (χ1) is 12.0. The highest BCUT2D eigenvalue weighted by molar-refractivity contribution is 9.10. The number of amides is 3. The monoisotopic (exact) mass is 404 g/mol. The third-order valence-corrected chi connectivity index (χ3v) is 4.59. The number of urea groups is 1. The summed E-state index contributed by atoms with van der Waals surface area (Å²) in [6.07, 6.45) is 0. The number of benzene rings is 2. The Morgan fingerprint density at radius 1 is 1.16 bits per heavy atom. The Labute approximate surface area is 153 Å². The molecule has 1 aliphatic rings. The summed E-state index contributed by atoms with van der Waals surface area (Å²) in [5, 5.41) is 9.64. The maximum absolute atomic E-state index is 12.8. The van der Waals surface area contributed by atoms with Gasteiger partial charge in [-0.25, -0.2) is 9.69 Å². The molecule has 3 amide bonds. The normalized spacial score (nSPS) is 17.3. The fourth-order valence-electron chi connectivity index (χ4n) is 2.79. The van der Waals surface area contributed by atoms with E-state index in [1.54, 1.807) is 43.5 Å². The van der Waals surface area contributed by atoms with Crippen molar-refractivity contribution in [3.8, 4) is 5.75 Å². The summed E-state index contributed by atoms with van der Waals surface area (Å²) in [5.74, 6) is 0.235. The molecule has 0 aromatic heterocycles. The van der Waals surface area contributed by atoms with Gasteiger partial charge in [-0.1, -0.05) is 28.1 Å². The lowest BCUT2D eigenvalue weighted by Gasteiger charge is -2.20. The van der Waals surface area contributed by atoms with Crippen LogP contribution < -0.4 is 9.64 Å². The number of hydrogen-bond acceptors (Lipinski definition) is 4. The van der Waals surface area contributed by atoms with Gasteiger partial charge in [0.2, 0.25) is 0 Å². The highest BCUT2D eigenvalue weighted by Crippen LogP contribution is 2.28. The molecule has 0 spiro atoms. The van der Waals surface area contributed by atoms with Gasteiger partial charge in [-0.2, -0.15) is 0 Å². The molecule has 1 N–H and O–H groups in total. The van der Waals surface area contributed by atoms with E-state index in [-0.39, 0.29) is 6.54 Å². The zero-order chi connectivity index (χ0) is 18.0. The van der Waals surface area contributed by atoms with Crippen LogP contribution in [-0.2, 0) is 11.3 Å². The first kappa shape index (κ1) is 17.4. The van der Waals surface area contributed by atoms with Crippen LogP contribution in [-0.4, -0.2) is 41.7 Å². The predicted molar refractivity (Wildman–Crippen MR) is 96.4 cm³/mol. The molecule has 1 fully saturated rings. The fourth-order valence-corrected chi connectivity index (χ4v) is 3.05. The summed E-state index contributed by atoms with van der Waals surface area (Å²) < 4.78 is 6.04. The Bertz CT molecular complexity index is 794. The largest absolute Gasteiger partial charge is 0.497 e. The van der Waals surface area contributed by atoms with Crippen LogP contribution in [0.5, 0.6) is 5.75 Å². The van der Waals surface area contributed by atoms with Crippen LogP contribution >= 0.6 is 15.9 Å². The zero-order valence-electron chi connectivity index (χ0n) is 13.6. The molecule has 0 aliphatic carbocycles. The fraction of sp³-hybridized carbons (Fsp3) is 0.222. The van der Waals surface area contributed by atoms with Crippen molar-refractivity contribution in [2.24, 2.45) is 0 Å². The molecule has 1 saturated heterocycles. The topological polar surface area (TPSA) is 70.1 Å². The van der Waals surface area contributed by atoms with Crippen LogP contribution in [0, 0.1) is 0 Å². The minimum absolute atomic E-state index is 0.208. The molecule has 1 aliphatic heterocycles. The lowest BCUT2D eigenvalue weighted by molar-refractivity contribution is -0.120. The van der Waals surface area contributed by atoms with Gasteiger partial charge in [-0.05, 0) is 42.0 Å². The summed E-state index contributed by atoms with van der Waals surface area (Å²) >= 11 is 3.33. The molecule has 0 saturated carbocycles. The predicted octanol–water partition coefficient (Wildman–Crippen LogP) is 2.79. The molecule has 6 nitrogen and oxygen atoms in total. The molecule has 3 rings (SSSR count). The minimum Gasteiger partial charge on any atom is -0.497 e. The molecule has 130 valence electrons. The van der Waals surface area contributed by atoms with Crippen molar-refractivity contribution in [1.29, 1.82) is 0 Å². The lowest BCUT2D eigenvalue weighted by atomic mass is 10.2. The van der Waals surface area contributed by atoms with Crippen LogP contribution in [0.2, 0.25) is 0 Å².